The Labute approximate surface area is 103 Å². The van der Waals surface area contributed by atoms with Crippen molar-refractivity contribution in [3.8, 4) is 0 Å². The Kier molecular flexibility index (Phi) is 4.40. The number of carbonyl (C=O) groups is 1. The highest BCUT2D eigenvalue weighted by Gasteiger charge is 2.35. The third-order valence-electron chi connectivity index (χ3n) is 4.10. The minimum Gasteiger partial charge on any atom is -0.468 e. The number of methoxy groups -OCH3 is 1. The molecular weight excluding hydrogens is 218 g/mol. The van der Waals surface area contributed by atoms with Crippen molar-refractivity contribution in [1.82, 2.24) is 4.90 Å². The molecule has 1 aliphatic carbocycles. The zero-order valence-corrected chi connectivity index (χ0v) is 10.9. The minimum atomic E-state index is -0.188. The van der Waals surface area contributed by atoms with Crippen LogP contribution in [0.4, 0.5) is 0 Å². The van der Waals surface area contributed by atoms with Crippen LogP contribution in [0.25, 0.3) is 0 Å². The van der Waals surface area contributed by atoms with Crippen LogP contribution in [0.15, 0.2) is 0 Å². The summed E-state index contributed by atoms with van der Waals surface area (Å²) in [7, 11) is 1.46. The summed E-state index contributed by atoms with van der Waals surface area (Å²) in [5, 5.41) is 0. The maximum atomic E-state index is 11.7. The maximum Gasteiger partial charge on any atom is 0.325 e. The number of esters is 1. The van der Waals surface area contributed by atoms with E-state index in [1.165, 1.54) is 32.8 Å². The largest absolute Gasteiger partial charge is 0.468 e. The smallest absolute Gasteiger partial charge is 0.325 e. The number of morpholine rings is 1. The lowest BCUT2D eigenvalue weighted by atomic mass is 9.86. The van der Waals surface area contributed by atoms with Gasteiger partial charge in [-0.3, -0.25) is 9.69 Å². The van der Waals surface area contributed by atoms with E-state index >= 15 is 0 Å². The Morgan fingerprint density at radius 2 is 2.00 bits per heavy atom. The number of rotatable bonds is 2. The molecule has 1 aliphatic heterocycles. The standard InChI is InChI=1S/C13H23NO3/c1-10-3-5-11(6-4-10)14-7-8-17-9-12(14)13(15)16-2/h10-12H,3-9H2,1-2H3. The van der Waals surface area contributed by atoms with Crippen molar-refractivity contribution >= 4 is 5.97 Å². The Balaban J connectivity index is 1.98. The second-order valence-electron chi connectivity index (χ2n) is 5.27. The summed E-state index contributed by atoms with van der Waals surface area (Å²) >= 11 is 0. The van der Waals surface area contributed by atoms with Gasteiger partial charge in [0, 0.05) is 12.6 Å². The zero-order valence-electron chi connectivity index (χ0n) is 10.9. The second-order valence-corrected chi connectivity index (χ2v) is 5.27. The van der Waals surface area contributed by atoms with Crippen LogP contribution in [0.3, 0.4) is 0 Å². The molecule has 0 aromatic carbocycles. The van der Waals surface area contributed by atoms with E-state index in [-0.39, 0.29) is 12.0 Å². The Morgan fingerprint density at radius 3 is 2.65 bits per heavy atom. The third-order valence-corrected chi connectivity index (χ3v) is 4.10. The van der Waals surface area contributed by atoms with Crippen LogP contribution in [-0.2, 0) is 14.3 Å². The molecule has 1 saturated heterocycles. The van der Waals surface area contributed by atoms with Crippen LogP contribution in [-0.4, -0.2) is 49.8 Å². The molecule has 1 saturated carbocycles. The van der Waals surface area contributed by atoms with Gasteiger partial charge in [-0.2, -0.15) is 0 Å². The van der Waals surface area contributed by atoms with Crippen LogP contribution < -0.4 is 0 Å². The first kappa shape index (κ1) is 12.8. The summed E-state index contributed by atoms with van der Waals surface area (Å²) in [5.41, 5.74) is 0. The van der Waals surface area contributed by atoms with Crippen LogP contribution in [0.1, 0.15) is 32.6 Å². The van der Waals surface area contributed by atoms with E-state index in [4.69, 9.17) is 9.47 Å². The zero-order chi connectivity index (χ0) is 12.3. The van der Waals surface area contributed by atoms with Gasteiger partial charge in [0.05, 0.1) is 20.3 Å². The summed E-state index contributed by atoms with van der Waals surface area (Å²) < 4.78 is 10.3. The molecule has 1 unspecified atom stereocenters. The van der Waals surface area contributed by atoms with E-state index in [0.717, 1.165) is 19.1 Å². The van der Waals surface area contributed by atoms with Crippen LogP contribution in [0, 0.1) is 5.92 Å². The van der Waals surface area contributed by atoms with Crippen molar-refractivity contribution in [1.29, 1.82) is 0 Å². The molecule has 0 aromatic heterocycles. The number of ether oxygens (including phenoxy) is 2. The maximum absolute atomic E-state index is 11.7. The molecule has 4 heteroatoms. The van der Waals surface area contributed by atoms with E-state index in [1.807, 2.05) is 0 Å². The summed E-state index contributed by atoms with van der Waals surface area (Å²) in [6.07, 6.45) is 4.95. The molecule has 0 aromatic rings. The first-order chi connectivity index (χ1) is 8.22. The van der Waals surface area contributed by atoms with Gasteiger partial charge in [0.2, 0.25) is 0 Å². The molecule has 17 heavy (non-hydrogen) atoms. The molecule has 1 heterocycles. The van der Waals surface area contributed by atoms with Gasteiger partial charge in [-0.1, -0.05) is 6.92 Å². The Morgan fingerprint density at radius 1 is 1.29 bits per heavy atom. The lowest BCUT2D eigenvalue weighted by Gasteiger charge is -2.42. The highest BCUT2D eigenvalue weighted by atomic mass is 16.5. The first-order valence-electron chi connectivity index (χ1n) is 6.63. The quantitative estimate of drug-likeness (QED) is 0.686. The van der Waals surface area contributed by atoms with Gasteiger partial charge in [0.1, 0.15) is 6.04 Å². The molecule has 4 nitrogen and oxygen atoms in total. The number of hydrogen-bond donors (Lipinski definition) is 0. The van der Waals surface area contributed by atoms with Gasteiger partial charge >= 0.3 is 5.97 Å². The monoisotopic (exact) mass is 241 g/mol. The van der Waals surface area contributed by atoms with E-state index in [0.29, 0.717) is 12.6 Å². The Bertz CT molecular complexity index is 261. The molecule has 0 bridgehead atoms. The summed E-state index contributed by atoms with van der Waals surface area (Å²) in [4.78, 5) is 14.0. The number of carbonyl (C=O) groups excluding carboxylic acids is 1. The van der Waals surface area contributed by atoms with Crippen LogP contribution in [0.5, 0.6) is 0 Å². The van der Waals surface area contributed by atoms with Crippen LogP contribution >= 0.6 is 0 Å². The van der Waals surface area contributed by atoms with Gasteiger partial charge in [0.25, 0.3) is 0 Å². The van der Waals surface area contributed by atoms with Gasteiger partial charge < -0.3 is 9.47 Å². The number of hydrogen-bond acceptors (Lipinski definition) is 4. The van der Waals surface area contributed by atoms with E-state index in [2.05, 4.69) is 11.8 Å². The molecule has 0 amide bonds. The molecular formula is C13H23NO3. The van der Waals surface area contributed by atoms with Crippen molar-refractivity contribution < 1.29 is 14.3 Å². The minimum absolute atomic E-state index is 0.150. The first-order valence-corrected chi connectivity index (χ1v) is 6.63. The van der Waals surface area contributed by atoms with E-state index in [1.54, 1.807) is 0 Å². The predicted molar refractivity (Wildman–Crippen MR) is 64.7 cm³/mol. The van der Waals surface area contributed by atoms with Crippen molar-refractivity contribution in [3.63, 3.8) is 0 Å². The van der Waals surface area contributed by atoms with Gasteiger partial charge in [-0.05, 0) is 31.6 Å². The molecule has 1 atom stereocenters. The fourth-order valence-corrected chi connectivity index (χ4v) is 2.97. The lowest BCUT2D eigenvalue weighted by Crippen LogP contribution is -2.55. The van der Waals surface area contributed by atoms with E-state index in [9.17, 15) is 4.79 Å². The fraction of sp³-hybridized carbons (Fsp3) is 0.923. The van der Waals surface area contributed by atoms with Gasteiger partial charge in [0.15, 0.2) is 0 Å². The lowest BCUT2D eigenvalue weighted by molar-refractivity contribution is -0.156. The molecule has 2 fully saturated rings. The van der Waals surface area contributed by atoms with Gasteiger partial charge in [-0.15, -0.1) is 0 Å². The van der Waals surface area contributed by atoms with Gasteiger partial charge in [-0.25, -0.2) is 0 Å². The molecule has 0 spiro atoms. The average Bonchev–Trinajstić information content (AvgIpc) is 2.39. The van der Waals surface area contributed by atoms with Crippen molar-refractivity contribution in [2.24, 2.45) is 5.92 Å². The SMILES string of the molecule is COC(=O)C1COCCN1C1CCC(C)CC1. The van der Waals surface area contributed by atoms with Crippen molar-refractivity contribution in [2.75, 3.05) is 26.9 Å². The average molecular weight is 241 g/mol. The molecule has 2 aliphatic rings. The highest BCUT2D eigenvalue weighted by molar-refractivity contribution is 5.76. The summed E-state index contributed by atoms with van der Waals surface area (Å²) in [5.74, 6) is 0.687. The summed E-state index contributed by atoms with van der Waals surface area (Å²) in [6, 6.07) is 0.353. The normalized spacial score (nSPS) is 35.5. The molecule has 2 rings (SSSR count). The highest BCUT2D eigenvalue weighted by Crippen LogP contribution is 2.29. The van der Waals surface area contributed by atoms with Crippen molar-refractivity contribution in [3.05, 3.63) is 0 Å². The van der Waals surface area contributed by atoms with Crippen molar-refractivity contribution in [2.45, 2.75) is 44.7 Å². The van der Waals surface area contributed by atoms with Crippen LogP contribution in [0.2, 0.25) is 0 Å². The topological polar surface area (TPSA) is 38.8 Å². The Hall–Kier alpha value is -0.610. The number of nitrogens with zero attached hydrogens (tertiary/aromatic N) is 1. The molecule has 98 valence electrons. The van der Waals surface area contributed by atoms with E-state index < -0.39 is 0 Å². The summed E-state index contributed by atoms with van der Waals surface area (Å²) in [6.45, 7) is 4.39. The fourth-order valence-electron chi connectivity index (χ4n) is 2.97. The second kappa shape index (κ2) is 5.83. The third kappa shape index (κ3) is 2.99. The molecule has 0 N–H and O–H groups in total. The predicted octanol–water partition coefficient (Wildman–Crippen LogP) is 1.44. The molecule has 0 radical (unpaired) electrons.